The molecule has 0 aliphatic rings. The van der Waals surface area contributed by atoms with Crippen molar-refractivity contribution in [2.24, 2.45) is 0 Å². The standard InChI is InChI=1S/C16H16ClNO2S/c1-10-8-13(18(3)16(19)20)9-11(2)15(10)21-14-6-4-12(17)5-7-14/h4-9H,1-3H3,(H,19,20). The van der Waals surface area contributed by atoms with E-state index in [9.17, 15) is 4.79 Å². The second-order valence-corrected chi connectivity index (χ2v) is 6.33. The maximum atomic E-state index is 11.0. The zero-order chi connectivity index (χ0) is 15.6. The Hall–Kier alpha value is -1.65. The molecular weight excluding hydrogens is 306 g/mol. The molecule has 1 amide bonds. The minimum Gasteiger partial charge on any atom is -0.465 e. The summed E-state index contributed by atoms with van der Waals surface area (Å²) in [5, 5.41) is 9.77. The predicted octanol–water partition coefficient (Wildman–Crippen LogP) is 5.22. The molecule has 0 saturated heterocycles. The van der Waals surface area contributed by atoms with Gasteiger partial charge in [-0.15, -0.1) is 0 Å². The van der Waals surface area contributed by atoms with Crippen molar-refractivity contribution < 1.29 is 9.90 Å². The summed E-state index contributed by atoms with van der Waals surface area (Å²) < 4.78 is 0. The lowest BCUT2D eigenvalue weighted by Crippen LogP contribution is -2.23. The Morgan fingerprint density at radius 2 is 1.67 bits per heavy atom. The topological polar surface area (TPSA) is 40.5 Å². The first-order valence-electron chi connectivity index (χ1n) is 6.40. The molecule has 110 valence electrons. The quantitative estimate of drug-likeness (QED) is 0.842. The van der Waals surface area contributed by atoms with Gasteiger partial charge in [-0.3, -0.25) is 4.90 Å². The van der Waals surface area contributed by atoms with Crippen LogP contribution in [0.4, 0.5) is 10.5 Å². The number of aryl methyl sites for hydroxylation is 2. The van der Waals surface area contributed by atoms with E-state index in [-0.39, 0.29) is 0 Å². The van der Waals surface area contributed by atoms with E-state index in [0.717, 1.165) is 20.9 Å². The summed E-state index contributed by atoms with van der Waals surface area (Å²) in [5.41, 5.74) is 2.79. The summed E-state index contributed by atoms with van der Waals surface area (Å²) >= 11 is 7.55. The van der Waals surface area contributed by atoms with E-state index in [1.165, 1.54) is 4.90 Å². The summed E-state index contributed by atoms with van der Waals surface area (Å²) in [7, 11) is 1.54. The fourth-order valence-corrected chi connectivity index (χ4v) is 3.09. The number of nitrogens with zero attached hydrogens (tertiary/aromatic N) is 1. The lowest BCUT2D eigenvalue weighted by atomic mass is 10.1. The Morgan fingerprint density at radius 1 is 1.14 bits per heavy atom. The van der Waals surface area contributed by atoms with Crippen LogP contribution in [0.2, 0.25) is 5.02 Å². The normalized spacial score (nSPS) is 10.5. The van der Waals surface area contributed by atoms with E-state index in [4.69, 9.17) is 16.7 Å². The second-order valence-electron chi connectivity index (χ2n) is 4.81. The first-order chi connectivity index (χ1) is 9.88. The van der Waals surface area contributed by atoms with E-state index in [1.807, 2.05) is 50.2 Å². The van der Waals surface area contributed by atoms with E-state index in [0.29, 0.717) is 10.7 Å². The SMILES string of the molecule is Cc1cc(N(C)C(=O)O)cc(C)c1Sc1ccc(Cl)cc1. The molecule has 0 fully saturated rings. The molecule has 2 aromatic carbocycles. The average molecular weight is 322 g/mol. The van der Waals surface area contributed by atoms with Crippen LogP contribution in [0.3, 0.4) is 0 Å². The number of hydrogen-bond acceptors (Lipinski definition) is 2. The molecule has 21 heavy (non-hydrogen) atoms. The van der Waals surface area contributed by atoms with Crippen LogP contribution in [-0.4, -0.2) is 18.2 Å². The Labute approximate surface area is 133 Å². The highest BCUT2D eigenvalue weighted by atomic mass is 35.5. The monoisotopic (exact) mass is 321 g/mol. The lowest BCUT2D eigenvalue weighted by molar-refractivity contribution is 0.203. The number of halogens is 1. The first kappa shape index (κ1) is 15.7. The van der Waals surface area contributed by atoms with Crippen LogP contribution in [0.15, 0.2) is 46.2 Å². The third kappa shape index (κ3) is 3.71. The van der Waals surface area contributed by atoms with Gasteiger partial charge in [-0.25, -0.2) is 4.79 Å². The number of hydrogen-bond donors (Lipinski definition) is 1. The van der Waals surface area contributed by atoms with Crippen LogP contribution < -0.4 is 4.90 Å². The van der Waals surface area contributed by atoms with Crippen LogP contribution in [0.25, 0.3) is 0 Å². The first-order valence-corrected chi connectivity index (χ1v) is 7.59. The molecule has 0 bridgehead atoms. The van der Waals surface area contributed by atoms with Gasteiger partial charge in [0.2, 0.25) is 0 Å². The molecule has 0 aromatic heterocycles. The van der Waals surface area contributed by atoms with Crippen molar-refractivity contribution in [3.8, 4) is 0 Å². The third-order valence-corrected chi connectivity index (χ3v) is 4.76. The van der Waals surface area contributed by atoms with Gasteiger partial charge in [0.15, 0.2) is 0 Å². The average Bonchev–Trinajstić information content (AvgIpc) is 2.43. The molecule has 0 spiro atoms. The summed E-state index contributed by atoms with van der Waals surface area (Å²) in [6.07, 6.45) is -0.966. The molecule has 0 unspecified atom stereocenters. The third-order valence-electron chi connectivity index (χ3n) is 3.15. The van der Waals surface area contributed by atoms with Gasteiger partial charge in [0, 0.05) is 27.5 Å². The molecule has 5 heteroatoms. The maximum absolute atomic E-state index is 11.0. The zero-order valence-electron chi connectivity index (χ0n) is 12.1. The number of rotatable bonds is 3. The van der Waals surface area contributed by atoms with Gasteiger partial charge in [0.25, 0.3) is 0 Å². The molecular formula is C16H16ClNO2S. The van der Waals surface area contributed by atoms with Crippen LogP contribution in [0.1, 0.15) is 11.1 Å². The number of carboxylic acid groups (broad SMARTS) is 1. The van der Waals surface area contributed by atoms with Crippen molar-refractivity contribution in [3.05, 3.63) is 52.5 Å². The lowest BCUT2D eigenvalue weighted by Gasteiger charge is -2.17. The Bertz CT molecular complexity index is 647. The number of carbonyl (C=O) groups is 1. The Morgan fingerprint density at radius 3 is 2.14 bits per heavy atom. The highest BCUT2D eigenvalue weighted by Gasteiger charge is 2.13. The molecule has 3 nitrogen and oxygen atoms in total. The van der Waals surface area contributed by atoms with Crippen LogP contribution in [-0.2, 0) is 0 Å². The summed E-state index contributed by atoms with van der Waals surface area (Å²) in [6.45, 7) is 3.98. The van der Waals surface area contributed by atoms with Crippen molar-refractivity contribution in [2.75, 3.05) is 11.9 Å². The van der Waals surface area contributed by atoms with Crippen LogP contribution >= 0.6 is 23.4 Å². The van der Waals surface area contributed by atoms with E-state index < -0.39 is 6.09 Å². The highest BCUT2D eigenvalue weighted by Crippen LogP contribution is 2.35. The fourth-order valence-electron chi connectivity index (χ4n) is 2.01. The number of amides is 1. The number of benzene rings is 2. The Kier molecular flexibility index (Phi) is 4.80. The summed E-state index contributed by atoms with van der Waals surface area (Å²) in [6, 6.07) is 11.5. The number of anilines is 1. The van der Waals surface area contributed by atoms with Gasteiger partial charge in [-0.2, -0.15) is 0 Å². The Balaban J connectivity index is 2.33. The van der Waals surface area contributed by atoms with Crippen molar-refractivity contribution in [1.82, 2.24) is 0 Å². The van der Waals surface area contributed by atoms with Crippen LogP contribution in [0, 0.1) is 13.8 Å². The molecule has 0 aliphatic carbocycles. The zero-order valence-corrected chi connectivity index (χ0v) is 13.6. The van der Waals surface area contributed by atoms with Gasteiger partial charge in [0.05, 0.1) is 0 Å². The van der Waals surface area contributed by atoms with Gasteiger partial charge in [-0.05, 0) is 61.4 Å². The molecule has 0 aliphatic heterocycles. The molecule has 1 N–H and O–H groups in total. The van der Waals surface area contributed by atoms with Crippen molar-refractivity contribution >= 4 is 35.1 Å². The largest absolute Gasteiger partial charge is 0.465 e. The molecule has 2 aromatic rings. The van der Waals surface area contributed by atoms with Gasteiger partial charge >= 0.3 is 6.09 Å². The summed E-state index contributed by atoms with van der Waals surface area (Å²) in [4.78, 5) is 14.5. The van der Waals surface area contributed by atoms with Gasteiger partial charge < -0.3 is 5.11 Å². The fraction of sp³-hybridized carbons (Fsp3) is 0.188. The minimum absolute atomic E-state index is 0.679. The highest BCUT2D eigenvalue weighted by molar-refractivity contribution is 7.99. The van der Waals surface area contributed by atoms with Gasteiger partial charge in [-0.1, -0.05) is 23.4 Å². The van der Waals surface area contributed by atoms with E-state index in [1.54, 1.807) is 18.8 Å². The van der Waals surface area contributed by atoms with Gasteiger partial charge in [0.1, 0.15) is 0 Å². The van der Waals surface area contributed by atoms with Crippen molar-refractivity contribution in [3.63, 3.8) is 0 Å². The predicted molar refractivity (Wildman–Crippen MR) is 87.9 cm³/mol. The smallest absolute Gasteiger partial charge is 0.411 e. The van der Waals surface area contributed by atoms with E-state index >= 15 is 0 Å². The summed E-state index contributed by atoms with van der Waals surface area (Å²) in [5.74, 6) is 0. The maximum Gasteiger partial charge on any atom is 0.411 e. The minimum atomic E-state index is -0.966. The molecule has 0 atom stereocenters. The van der Waals surface area contributed by atoms with E-state index in [2.05, 4.69) is 0 Å². The molecule has 2 rings (SSSR count). The molecule has 0 saturated carbocycles. The second kappa shape index (κ2) is 6.41. The van der Waals surface area contributed by atoms with Crippen LogP contribution in [0.5, 0.6) is 0 Å². The molecule has 0 heterocycles. The molecule has 0 radical (unpaired) electrons. The van der Waals surface area contributed by atoms with Crippen molar-refractivity contribution in [2.45, 2.75) is 23.6 Å². The van der Waals surface area contributed by atoms with Crippen molar-refractivity contribution in [1.29, 1.82) is 0 Å².